The van der Waals surface area contributed by atoms with Crippen LogP contribution in [-0.2, 0) is 4.79 Å². The molecule has 0 bridgehead atoms. The maximum absolute atomic E-state index is 13.4. The number of aromatic nitrogens is 2. The first-order chi connectivity index (χ1) is 12.6. The van der Waals surface area contributed by atoms with Crippen LogP contribution in [0.1, 0.15) is 67.5 Å². The fourth-order valence-corrected chi connectivity index (χ4v) is 4.93. The molecule has 3 fully saturated rings. The van der Waals surface area contributed by atoms with Gasteiger partial charge in [0.2, 0.25) is 5.91 Å². The number of hydrogen-bond donors (Lipinski definition) is 0. The van der Waals surface area contributed by atoms with Crippen molar-refractivity contribution in [3.63, 3.8) is 0 Å². The Labute approximate surface area is 155 Å². The van der Waals surface area contributed by atoms with Gasteiger partial charge in [0, 0.05) is 31.9 Å². The van der Waals surface area contributed by atoms with E-state index in [-0.39, 0.29) is 11.3 Å². The highest BCUT2D eigenvalue weighted by Gasteiger charge is 2.50. The maximum atomic E-state index is 13.4. The first kappa shape index (κ1) is 17.4. The van der Waals surface area contributed by atoms with Crippen LogP contribution in [0.4, 0.5) is 0 Å². The summed E-state index contributed by atoms with van der Waals surface area (Å²) in [5, 5.41) is 0. The molecular formula is C20H28N4O2. The number of carbonyl (C=O) groups is 2. The maximum Gasteiger partial charge on any atom is 0.274 e. The molecule has 2 saturated heterocycles. The predicted molar refractivity (Wildman–Crippen MR) is 97.5 cm³/mol. The number of nitrogens with zero attached hydrogens (tertiary/aromatic N) is 4. The number of hydrogen-bond acceptors (Lipinski definition) is 4. The third-order valence-corrected chi connectivity index (χ3v) is 6.43. The summed E-state index contributed by atoms with van der Waals surface area (Å²) in [5.74, 6) is 0.193. The molecule has 0 N–H and O–H groups in total. The number of aryl methyl sites for hydroxylation is 1. The molecule has 2 amide bonds. The first-order valence-electron chi connectivity index (χ1n) is 9.98. The molecule has 6 nitrogen and oxygen atoms in total. The fourth-order valence-electron chi connectivity index (χ4n) is 4.93. The van der Waals surface area contributed by atoms with E-state index >= 15 is 0 Å². The minimum absolute atomic E-state index is 0.100. The highest BCUT2D eigenvalue weighted by atomic mass is 16.2. The lowest BCUT2D eigenvalue weighted by atomic mass is 9.77. The van der Waals surface area contributed by atoms with Crippen LogP contribution in [-0.4, -0.2) is 57.3 Å². The second kappa shape index (κ2) is 6.97. The van der Waals surface area contributed by atoms with Gasteiger partial charge in [0.1, 0.15) is 5.69 Å². The molecule has 1 spiro atoms. The normalized spacial score (nSPS) is 27.3. The fraction of sp³-hybridized carbons (Fsp3) is 0.700. The number of carbonyl (C=O) groups excluding carboxylic acids is 2. The Balaban J connectivity index is 1.48. The van der Waals surface area contributed by atoms with Gasteiger partial charge < -0.3 is 9.80 Å². The molecule has 140 valence electrons. The smallest absolute Gasteiger partial charge is 0.274 e. The SMILES string of the molecule is Cc1cnc(C(=O)N2CC[C@@]3(CCCN(C4CCCCC4)C3=O)C2)cn1. The van der Waals surface area contributed by atoms with Gasteiger partial charge in [0.15, 0.2) is 0 Å². The first-order valence-corrected chi connectivity index (χ1v) is 9.98. The summed E-state index contributed by atoms with van der Waals surface area (Å²) >= 11 is 0. The van der Waals surface area contributed by atoms with Gasteiger partial charge in [-0.25, -0.2) is 4.98 Å². The molecule has 1 aromatic rings. The van der Waals surface area contributed by atoms with Crippen LogP contribution in [0.5, 0.6) is 0 Å². The molecule has 26 heavy (non-hydrogen) atoms. The topological polar surface area (TPSA) is 66.4 Å². The average Bonchev–Trinajstić information content (AvgIpc) is 3.10. The number of amides is 2. The summed E-state index contributed by atoms with van der Waals surface area (Å²) in [6.07, 6.45) is 11.9. The van der Waals surface area contributed by atoms with Gasteiger partial charge in [-0.3, -0.25) is 14.6 Å². The van der Waals surface area contributed by atoms with Gasteiger partial charge in [-0.2, -0.15) is 0 Å². The van der Waals surface area contributed by atoms with Crippen LogP contribution in [0.3, 0.4) is 0 Å². The lowest BCUT2D eigenvalue weighted by Crippen LogP contribution is -2.54. The van der Waals surface area contributed by atoms with Crippen molar-refractivity contribution in [3.8, 4) is 0 Å². The summed E-state index contributed by atoms with van der Waals surface area (Å²) in [5.41, 5.74) is 0.800. The number of piperidine rings is 1. The third kappa shape index (κ3) is 3.10. The standard InChI is InChI=1S/C20H28N4O2/c1-15-12-22-17(13-21-15)18(25)23-11-9-20(14-23)8-5-10-24(19(20)26)16-6-3-2-4-7-16/h12-13,16H,2-11,14H2,1H3/t20-/m0/s1. The van der Waals surface area contributed by atoms with Crippen molar-refractivity contribution in [1.29, 1.82) is 0 Å². The predicted octanol–water partition coefficient (Wildman–Crippen LogP) is 2.57. The summed E-state index contributed by atoms with van der Waals surface area (Å²) in [4.78, 5) is 38.5. The second-order valence-electron chi connectivity index (χ2n) is 8.19. The summed E-state index contributed by atoms with van der Waals surface area (Å²) < 4.78 is 0. The lowest BCUT2D eigenvalue weighted by Gasteiger charge is -2.44. The lowest BCUT2D eigenvalue weighted by molar-refractivity contribution is -0.149. The van der Waals surface area contributed by atoms with E-state index in [0.717, 1.165) is 44.3 Å². The second-order valence-corrected chi connectivity index (χ2v) is 8.19. The highest BCUT2D eigenvalue weighted by molar-refractivity contribution is 5.93. The van der Waals surface area contributed by atoms with Gasteiger partial charge in [-0.15, -0.1) is 0 Å². The Morgan fingerprint density at radius 2 is 1.88 bits per heavy atom. The van der Waals surface area contributed by atoms with E-state index in [1.807, 2.05) is 11.8 Å². The Kier molecular flexibility index (Phi) is 4.67. The molecule has 1 saturated carbocycles. The Morgan fingerprint density at radius 1 is 1.08 bits per heavy atom. The summed E-state index contributed by atoms with van der Waals surface area (Å²) in [6.45, 7) is 3.91. The van der Waals surface area contributed by atoms with Gasteiger partial charge in [0.05, 0.1) is 17.3 Å². The van der Waals surface area contributed by atoms with Gasteiger partial charge in [-0.1, -0.05) is 19.3 Å². The molecule has 1 aliphatic carbocycles. The molecule has 0 unspecified atom stereocenters. The van der Waals surface area contributed by atoms with Crippen LogP contribution in [0.2, 0.25) is 0 Å². The van der Waals surface area contributed by atoms with E-state index in [1.54, 1.807) is 12.4 Å². The largest absolute Gasteiger partial charge is 0.339 e. The van der Waals surface area contributed by atoms with Gasteiger partial charge in [-0.05, 0) is 39.0 Å². The van der Waals surface area contributed by atoms with Crippen LogP contribution in [0, 0.1) is 12.3 Å². The van der Waals surface area contributed by atoms with Crippen LogP contribution >= 0.6 is 0 Å². The van der Waals surface area contributed by atoms with Gasteiger partial charge in [0.25, 0.3) is 5.91 Å². The van der Waals surface area contributed by atoms with E-state index < -0.39 is 0 Å². The van der Waals surface area contributed by atoms with Crippen molar-refractivity contribution < 1.29 is 9.59 Å². The Morgan fingerprint density at radius 3 is 2.62 bits per heavy atom. The molecule has 3 heterocycles. The zero-order valence-electron chi connectivity index (χ0n) is 15.6. The molecule has 1 atom stereocenters. The molecule has 2 aliphatic heterocycles. The van der Waals surface area contributed by atoms with E-state index in [4.69, 9.17) is 0 Å². The Bertz CT molecular complexity index is 684. The average molecular weight is 356 g/mol. The van der Waals surface area contributed by atoms with Crippen molar-refractivity contribution in [2.45, 2.75) is 64.3 Å². The van der Waals surface area contributed by atoms with Gasteiger partial charge >= 0.3 is 0 Å². The van der Waals surface area contributed by atoms with E-state index in [1.165, 1.54) is 19.3 Å². The number of likely N-dealkylation sites (tertiary alicyclic amines) is 2. The molecule has 4 rings (SSSR count). The minimum atomic E-state index is -0.372. The number of rotatable bonds is 2. The van der Waals surface area contributed by atoms with Crippen molar-refractivity contribution in [2.75, 3.05) is 19.6 Å². The van der Waals surface area contributed by atoms with E-state index in [9.17, 15) is 9.59 Å². The van der Waals surface area contributed by atoms with Crippen molar-refractivity contribution in [2.24, 2.45) is 5.41 Å². The monoisotopic (exact) mass is 356 g/mol. The van der Waals surface area contributed by atoms with E-state index in [2.05, 4.69) is 14.9 Å². The molecule has 0 aromatic carbocycles. The molecule has 1 aromatic heterocycles. The highest BCUT2D eigenvalue weighted by Crippen LogP contribution is 2.42. The Hall–Kier alpha value is -1.98. The minimum Gasteiger partial charge on any atom is -0.339 e. The molecular weight excluding hydrogens is 328 g/mol. The van der Waals surface area contributed by atoms with E-state index in [0.29, 0.717) is 30.7 Å². The zero-order valence-corrected chi connectivity index (χ0v) is 15.6. The zero-order chi connectivity index (χ0) is 18.1. The molecule has 6 heteroatoms. The van der Waals surface area contributed by atoms with Crippen molar-refractivity contribution in [3.05, 3.63) is 23.8 Å². The third-order valence-electron chi connectivity index (χ3n) is 6.43. The molecule has 3 aliphatic rings. The van der Waals surface area contributed by atoms with Crippen LogP contribution in [0.25, 0.3) is 0 Å². The van der Waals surface area contributed by atoms with Crippen LogP contribution < -0.4 is 0 Å². The molecule has 0 radical (unpaired) electrons. The summed E-state index contributed by atoms with van der Waals surface area (Å²) in [7, 11) is 0. The van der Waals surface area contributed by atoms with Crippen molar-refractivity contribution in [1.82, 2.24) is 19.8 Å². The quantitative estimate of drug-likeness (QED) is 0.817. The van der Waals surface area contributed by atoms with Crippen molar-refractivity contribution >= 4 is 11.8 Å². The van der Waals surface area contributed by atoms with Crippen LogP contribution in [0.15, 0.2) is 12.4 Å². The summed E-state index contributed by atoms with van der Waals surface area (Å²) in [6, 6.07) is 0.418.